The second-order valence-corrected chi connectivity index (χ2v) is 9.14. The molecule has 2 aromatic heterocycles. The van der Waals surface area contributed by atoms with Crippen LogP contribution in [0.2, 0.25) is 0 Å². The van der Waals surface area contributed by atoms with E-state index in [1.807, 2.05) is 6.07 Å². The topological polar surface area (TPSA) is 65.9 Å². The molecule has 1 saturated heterocycles. The molecule has 1 atom stereocenters. The lowest BCUT2D eigenvalue weighted by atomic mass is 9.95. The molecule has 0 aliphatic carbocycles. The fourth-order valence-corrected chi connectivity index (χ4v) is 5.75. The number of carbonyl (C=O) groups excluding carboxylic acids is 1. The third kappa shape index (κ3) is 4.31. The number of aryl methyl sites for hydroxylation is 1. The molecule has 6 nitrogen and oxygen atoms in total. The number of fused-ring (bicyclic) bond motifs is 1. The van der Waals surface area contributed by atoms with Crippen molar-refractivity contribution in [3.63, 3.8) is 0 Å². The minimum atomic E-state index is -0.0454. The van der Waals surface area contributed by atoms with Crippen LogP contribution in [0.25, 0.3) is 10.2 Å². The summed E-state index contributed by atoms with van der Waals surface area (Å²) in [4.78, 5) is 23.3. The van der Waals surface area contributed by atoms with Gasteiger partial charge in [0.2, 0.25) is 0 Å². The Morgan fingerprint density at radius 2 is 2.19 bits per heavy atom. The van der Waals surface area contributed by atoms with Crippen LogP contribution in [0.4, 0.5) is 0 Å². The summed E-state index contributed by atoms with van der Waals surface area (Å²) in [5.41, 5.74) is 3.45. The zero-order valence-corrected chi connectivity index (χ0v) is 19.1. The summed E-state index contributed by atoms with van der Waals surface area (Å²) in [5, 5.41) is 10.3. The highest BCUT2D eigenvalue weighted by Gasteiger charge is 2.32. The van der Waals surface area contributed by atoms with Crippen LogP contribution in [-0.2, 0) is 6.54 Å². The normalized spacial score (nSPS) is 16.7. The molecule has 0 saturated carbocycles. The van der Waals surface area contributed by atoms with Gasteiger partial charge in [0.25, 0.3) is 5.91 Å². The molecule has 3 heterocycles. The van der Waals surface area contributed by atoms with Crippen LogP contribution < -0.4 is 4.74 Å². The van der Waals surface area contributed by atoms with E-state index in [0.717, 1.165) is 58.0 Å². The molecule has 164 valence electrons. The Labute approximate surface area is 187 Å². The first-order valence-electron chi connectivity index (χ1n) is 10.6. The smallest absolute Gasteiger partial charge is 0.264 e. The van der Waals surface area contributed by atoms with Gasteiger partial charge in [0.15, 0.2) is 0 Å². The van der Waals surface area contributed by atoms with Crippen molar-refractivity contribution in [1.29, 1.82) is 0 Å². The zero-order valence-electron chi connectivity index (χ0n) is 18.3. The van der Waals surface area contributed by atoms with Crippen molar-refractivity contribution < 1.29 is 14.6 Å². The number of hydrogen-bond donors (Lipinski definition) is 1. The quantitative estimate of drug-likeness (QED) is 0.609. The van der Waals surface area contributed by atoms with Gasteiger partial charge in [-0.3, -0.25) is 9.69 Å². The highest BCUT2D eigenvalue weighted by molar-refractivity contribution is 7.20. The number of likely N-dealkylation sites (N-methyl/N-ethyl adjacent to an activating group) is 1. The number of aliphatic hydroxyl groups excluding tert-OH is 1. The summed E-state index contributed by atoms with van der Waals surface area (Å²) in [6.45, 7) is 5.04. The zero-order chi connectivity index (χ0) is 22.0. The van der Waals surface area contributed by atoms with Gasteiger partial charge in [0, 0.05) is 49.7 Å². The van der Waals surface area contributed by atoms with Crippen molar-refractivity contribution >= 4 is 27.5 Å². The first-order valence-corrected chi connectivity index (χ1v) is 11.4. The van der Waals surface area contributed by atoms with Gasteiger partial charge in [-0.05, 0) is 37.1 Å². The summed E-state index contributed by atoms with van der Waals surface area (Å²) in [6, 6.07) is 10.3. The van der Waals surface area contributed by atoms with E-state index in [0.29, 0.717) is 6.54 Å². The molecule has 0 spiro atoms. The van der Waals surface area contributed by atoms with Crippen LogP contribution in [-0.4, -0.2) is 66.2 Å². The third-order valence-corrected chi connectivity index (χ3v) is 7.17. The molecule has 1 aliphatic rings. The van der Waals surface area contributed by atoms with Gasteiger partial charge in [-0.25, -0.2) is 4.98 Å². The molecule has 1 fully saturated rings. The Hall–Kier alpha value is -2.48. The van der Waals surface area contributed by atoms with Gasteiger partial charge in [0.1, 0.15) is 10.6 Å². The molecule has 1 aliphatic heterocycles. The Morgan fingerprint density at radius 3 is 2.97 bits per heavy atom. The van der Waals surface area contributed by atoms with Gasteiger partial charge >= 0.3 is 0 Å². The van der Waals surface area contributed by atoms with E-state index in [9.17, 15) is 9.90 Å². The fraction of sp³-hybridized carbons (Fsp3) is 0.417. The summed E-state index contributed by atoms with van der Waals surface area (Å²) in [6.07, 6.45) is 2.78. The number of rotatable bonds is 7. The van der Waals surface area contributed by atoms with E-state index >= 15 is 0 Å². The number of benzene rings is 1. The maximum Gasteiger partial charge on any atom is 0.264 e. The lowest BCUT2D eigenvalue weighted by Crippen LogP contribution is -2.29. The minimum absolute atomic E-state index is 0.0362. The first-order chi connectivity index (χ1) is 15.0. The number of likely N-dealkylation sites (tertiary alicyclic amines) is 1. The summed E-state index contributed by atoms with van der Waals surface area (Å²) in [5.74, 6) is 1.19. The summed E-state index contributed by atoms with van der Waals surface area (Å²) in [7, 11) is 3.47. The standard InChI is InChI=1S/C24H29N3O3S/c1-16-6-4-7-18(21(16)30-3)15-27-11-9-17(14-27)20-19-8-5-10-25-23(19)31-22(20)24(29)26(2)12-13-28/h4-8,10,17,28H,9,11-15H2,1-3H3. The number of ether oxygens (including phenoxy) is 1. The van der Waals surface area contributed by atoms with Gasteiger partial charge in [-0.15, -0.1) is 11.3 Å². The predicted octanol–water partition coefficient (Wildman–Crippen LogP) is 3.67. The van der Waals surface area contributed by atoms with E-state index in [4.69, 9.17) is 4.74 Å². The number of para-hydroxylation sites is 1. The second kappa shape index (κ2) is 9.34. The number of methoxy groups -OCH3 is 1. The van der Waals surface area contributed by atoms with Crippen molar-refractivity contribution in [1.82, 2.24) is 14.8 Å². The van der Waals surface area contributed by atoms with E-state index in [-0.39, 0.29) is 18.4 Å². The molecule has 31 heavy (non-hydrogen) atoms. The molecule has 3 aromatic rings. The molecule has 7 heteroatoms. The largest absolute Gasteiger partial charge is 0.496 e. The molecule has 1 N–H and O–H groups in total. The molecule has 1 unspecified atom stereocenters. The number of nitrogens with zero attached hydrogens (tertiary/aromatic N) is 3. The maximum atomic E-state index is 13.1. The van der Waals surface area contributed by atoms with Gasteiger partial charge in [-0.2, -0.15) is 0 Å². The van der Waals surface area contributed by atoms with Crippen molar-refractivity contribution in [2.24, 2.45) is 0 Å². The van der Waals surface area contributed by atoms with Gasteiger partial charge < -0.3 is 14.7 Å². The fourth-order valence-electron chi connectivity index (χ4n) is 4.52. The first kappa shape index (κ1) is 21.7. The van der Waals surface area contributed by atoms with Crippen molar-refractivity contribution in [2.75, 3.05) is 40.4 Å². The average Bonchev–Trinajstić information content (AvgIpc) is 3.37. The lowest BCUT2D eigenvalue weighted by Gasteiger charge is -2.20. The van der Waals surface area contributed by atoms with Crippen LogP contribution in [0.5, 0.6) is 5.75 Å². The number of aromatic nitrogens is 1. The van der Waals surface area contributed by atoms with E-state index in [1.165, 1.54) is 16.9 Å². The monoisotopic (exact) mass is 439 g/mol. The number of carbonyl (C=O) groups is 1. The van der Waals surface area contributed by atoms with Crippen LogP contribution in [0.1, 0.15) is 38.7 Å². The van der Waals surface area contributed by atoms with Crippen molar-refractivity contribution in [2.45, 2.75) is 25.8 Å². The molecule has 4 rings (SSSR count). The second-order valence-electron chi connectivity index (χ2n) is 8.14. The average molecular weight is 440 g/mol. The molecule has 0 bridgehead atoms. The van der Waals surface area contributed by atoms with Crippen molar-refractivity contribution in [3.05, 3.63) is 58.1 Å². The molecule has 0 radical (unpaired) electrons. The van der Waals surface area contributed by atoms with Gasteiger partial charge in [-0.1, -0.05) is 24.3 Å². The number of pyridine rings is 1. The lowest BCUT2D eigenvalue weighted by molar-refractivity contribution is 0.0770. The molecular formula is C24H29N3O3S. The van der Waals surface area contributed by atoms with E-state index in [2.05, 4.69) is 41.1 Å². The number of hydrogen-bond acceptors (Lipinski definition) is 6. The summed E-state index contributed by atoms with van der Waals surface area (Å²) < 4.78 is 5.64. The SMILES string of the molecule is COc1c(C)cccc1CN1CCC(c2c(C(=O)N(C)CCO)sc3ncccc23)C1. The van der Waals surface area contributed by atoms with Crippen LogP contribution >= 0.6 is 11.3 Å². The molecule has 1 aromatic carbocycles. The van der Waals surface area contributed by atoms with Crippen LogP contribution in [0.15, 0.2) is 36.5 Å². The van der Waals surface area contributed by atoms with Crippen molar-refractivity contribution in [3.8, 4) is 5.75 Å². The third-order valence-electron chi connectivity index (χ3n) is 6.05. The van der Waals surface area contributed by atoms with Gasteiger partial charge in [0.05, 0.1) is 18.6 Å². The Kier molecular flexibility index (Phi) is 6.55. The molecule has 1 amide bonds. The Morgan fingerprint density at radius 1 is 1.35 bits per heavy atom. The highest BCUT2D eigenvalue weighted by Crippen LogP contribution is 2.40. The molecular weight excluding hydrogens is 410 g/mol. The minimum Gasteiger partial charge on any atom is -0.496 e. The number of aliphatic hydroxyl groups is 1. The van der Waals surface area contributed by atoms with Crippen LogP contribution in [0, 0.1) is 6.92 Å². The number of thiophene rings is 1. The van der Waals surface area contributed by atoms with E-state index in [1.54, 1.807) is 25.3 Å². The Balaban J connectivity index is 1.62. The summed E-state index contributed by atoms with van der Waals surface area (Å²) >= 11 is 1.46. The van der Waals surface area contributed by atoms with E-state index < -0.39 is 0 Å². The number of amides is 1. The highest BCUT2D eigenvalue weighted by atomic mass is 32.1. The van der Waals surface area contributed by atoms with Crippen LogP contribution in [0.3, 0.4) is 0 Å². The predicted molar refractivity (Wildman–Crippen MR) is 124 cm³/mol. The maximum absolute atomic E-state index is 13.1. The Bertz CT molecular complexity index is 1080.